The molecular formula is C10H9BN2. The van der Waals surface area contributed by atoms with Gasteiger partial charge < -0.3 is 0 Å². The van der Waals surface area contributed by atoms with Crippen molar-refractivity contribution in [1.29, 1.82) is 0 Å². The van der Waals surface area contributed by atoms with Crippen LogP contribution in [-0.4, -0.2) is 25.6 Å². The number of nitrogens with zero attached hydrogens (tertiary/aromatic N) is 2. The van der Waals surface area contributed by atoms with E-state index in [1.54, 1.807) is 19.4 Å². The number of hydrogen-bond acceptors (Lipinski definition) is 2. The first-order chi connectivity index (χ1) is 6.31. The van der Waals surface area contributed by atoms with E-state index >= 15 is 0 Å². The molecule has 1 aromatic rings. The summed E-state index contributed by atoms with van der Waals surface area (Å²) in [5.41, 5.74) is 3.99. The molecule has 0 N–H and O–H groups in total. The number of hydrogen-bond donors (Lipinski definition) is 0. The second-order valence-corrected chi connectivity index (χ2v) is 3.01. The van der Waals surface area contributed by atoms with Crippen LogP contribution in [0.2, 0.25) is 0 Å². The molecule has 13 heavy (non-hydrogen) atoms. The van der Waals surface area contributed by atoms with Gasteiger partial charge in [-0.25, -0.2) is 0 Å². The molecular weight excluding hydrogens is 159 g/mol. The van der Waals surface area contributed by atoms with Gasteiger partial charge in [-0.15, -0.1) is 0 Å². The van der Waals surface area contributed by atoms with Crippen molar-refractivity contribution >= 4 is 19.0 Å². The average Bonchev–Trinajstić information content (AvgIpc) is 2.90. The van der Waals surface area contributed by atoms with E-state index in [9.17, 15) is 0 Å². The van der Waals surface area contributed by atoms with Crippen molar-refractivity contribution in [3.8, 4) is 0 Å². The minimum atomic E-state index is 0.680. The van der Waals surface area contributed by atoms with E-state index in [1.807, 2.05) is 6.07 Å². The lowest BCUT2D eigenvalue weighted by Gasteiger charge is -2.01. The SMILES string of the molecule is [B]c1cncc(C(=NC)C2=CC2)c1. The Morgan fingerprint density at radius 1 is 1.54 bits per heavy atom. The largest absolute Gasteiger partial charge is 0.288 e. The van der Waals surface area contributed by atoms with Gasteiger partial charge in [-0.1, -0.05) is 17.6 Å². The van der Waals surface area contributed by atoms with E-state index in [0.717, 1.165) is 17.7 Å². The number of aromatic nitrogens is 1. The minimum Gasteiger partial charge on any atom is -0.288 e. The Morgan fingerprint density at radius 2 is 2.31 bits per heavy atom. The molecule has 0 spiro atoms. The summed E-state index contributed by atoms with van der Waals surface area (Å²) in [6.07, 6.45) is 6.61. The van der Waals surface area contributed by atoms with Gasteiger partial charge in [-0.3, -0.25) is 9.98 Å². The third-order valence-electron chi connectivity index (χ3n) is 1.97. The van der Waals surface area contributed by atoms with Crippen molar-refractivity contribution in [1.82, 2.24) is 4.98 Å². The summed E-state index contributed by atoms with van der Waals surface area (Å²) in [6, 6.07) is 1.90. The van der Waals surface area contributed by atoms with Crippen molar-refractivity contribution in [3.05, 3.63) is 35.7 Å². The number of allylic oxidation sites excluding steroid dienone is 2. The van der Waals surface area contributed by atoms with Crippen LogP contribution in [-0.2, 0) is 0 Å². The van der Waals surface area contributed by atoms with Crippen LogP contribution in [0.15, 0.2) is 35.1 Å². The molecule has 2 radical (unpaired) electrons. The molecule has 0 bridgehead atoms. The maximum Gasteiger partial charge on any atom is 0.115 e. The first-order valence-corrected chi connectivity index (χ1v) is 4.18. The van der Waals surface area contributed by atoms with Crippen molar-refractivity contribution < 1.29 is 0 Å². The number of pyridine rings is 1. The van der Waals surface area contributed by atoms with E-state index in [2.05, 4.69) is 16.1 Å². The Hall–Kier alpha value is -1.38. The highest BCUT2D eigenvalue weighted by Gasteiger charge is 2.15. The molecule has 62 valence electrons. The fraction of sp³-hybridized carbons (Fsp3) is 0.200. The summed E-state index contributed by atoms with van der Waals surface area (Å²) in [5.74, 6) is 0. The third-order valence-corrected chi connectivity index (χ3v) is 1.97. The molecule has 1 aromatic heterocycles. The summed E-state index contributed by atoms with van der Waals surface area (Å²) in [7, 11) is 7.42. The lowest BCUT2D eigenvalue weighted by atomic mass is 9.95. The first kappa shape index (κ1) is 8.23. The summed E-state index contributed by atoms with van der Waals surface area (Å²) in [5, 5.41) is 0. The maximum atomic E-state index is 5.63. The molecule has 2 rings (SSSR count). The fourth-order valence-electron chi connectivity index (χ4n) is 1.29. The Kier molecular flexibility index (Phi) is 2.01. The van der Waals surface area contributed by atoms with Crippen LogP contribution in [0.1, 0.15) is 12.0 Å². The molecule has 0 saturated carbocycles. The van der Waals surface area contributed by atoms with Crippen LogP contribution in [0.4, 0.5) is 0 Å². The standard InChI is InChI=1S/C10H9BN2/c1-12-10(7-2-3-7)8-4-9(11)6-13-5-8/h2,4-6H,3H2,1H3. The highest BCUT2D eigenvalue weighted by atomic mass is 14.7. The Balaban J connectivity index is 2.38. The van der Waals surface area contributed by atoms with Gasteiger partial charge in [0.05, 0.1) is 5.71 Å². The van der Waals surface area contributed by atoms with Gasteiger partial charge in [-0.05, 0) is 12.0 Å². The Labute approximate surface area is 78.8 Å². The molecule has 0 fully saturated rings. The van der Waals surface area contributed by atoms with E-state index in [0.29, 0.717) is 5.46 Å². The van der Waals surface area contributed by atoms with Crippen LogP contribution in [0.3, 0.4) is 0 Å². The normalized spacial score (nSPS) is 15.5. The molecule has 0 atom stereocenters. The highest BCUT2D eigenvalue weighted by molar-refractivity contribution is 6.32. The van der Waals surface area contributed by atoms with Gasteiger partial charge in [0.2, 0.25) is 0 Å². The minimum absolute atomic E-state index is 0.680. The van der Waals surface area contributed by atoms with Crippen LogP contribution < -0.4 is 5.46 Å². The second kappa shape index (κ2) is 3.17. The summed E-state index contributed by atoms with van der Waals surface area (Å²) >= 11 is 0. The molecule has 0 unspecified atom stereocenters. The van der Waals surface area contributed by atoms with Gasteiger partial charge in [0, 0.05) is 25.0 Å². The zero-order chi connectivity index (χ0) is 9.26. The predicted octanol–water partition coefficient (Wildman–Crippen LogP) is 0.624. The summed E-state index contributed by atoms with van der Waals surface area (Å²) in [6.45, 7) is 0. The van der Waals surface area contributed by atoms with E-state index in [-0.39, 0.29) is 0 Å². The molecule has 3 heteroatoms. The lowest BCUT2D eigenvalue weighted by molar-refractivity contribution is 1.32. The zero-order valence-corrected chi connectivity index (χ0v) is 7.49. The van der Waals surface area contributed by atoms with E-state index < -0.39 is 0 Å². The van der Waals surface area contributed by atoms with Crippen LogP contribution in [0.25, 0.3) is 0 Å². The molecule has 0 amide bonds. The number of aliphatic imine (C=N–C) groups is 1. The maximum absolute atomic E-state index is 5.63. The summed E-state index contributed by atoms with van der Waals surface area (Å²) < 4.78 is 0. The zero-order valence-electron chi connectivity index (χ0n) is 7.49. The number of rotatable bonds is 2. The fourth-order valence-corrected chi connectivity index (χ4v) is 1.29. The summed E-state index contributed by atoms with van der Waals surface area (Å²) in [4.78, 5) is 8.24. The van der Waals surface area contributed by atoms with Gasteiger partial charge in [-0.2, -0.15) is 0 Å². The van der Waals surface area contributed by atoms with Crippen molar-refractivity contribution in [2.45, 2.75) is 6.42 Å². The average molecular weight is 168 g/mol. The lowest BCUT2D eigenvalue weighted by Crippen LogP contribution is -2.08. The van der Waals surface area contributed by atoms with Gasteiger partial charge >= 0.3 is 0 Å². The molecule has 0 aliphatic heterocycles. The van der Waals surface area contributed by atoms with Crippen molar-refractivity contribution in [2.24, 2.45) is 4.99 Å². The topological polar surface area (TPSA) is 25.2 Å². The predicted molar refractivity (Wildman–Crippen MR) is 54.8 cm³/mol. The highest BCUT2D eigenvalue weighted by Crippen LogP contribution is 2.23. The van der Waals surface area contributed by atoms with Crippen LogP contribution in [0.5, 0.6) is 0 Å². The van der Waals surface area contributed by atoms with Gasteiger partial charge in [0.15, 0.2) is 0 Å². The van der Waals surface area contributed by atoms with E-state index in [4.69, 9.17) is 7.85 Å². The van der Waals surface area contributed by atoms with Gasteiger partial charge in [0.25, 0.3) is 0 Å². The van der Waals surface area contributed by atoms with Crippen molar-refractivity contribution in [3.63, 3.8) is 0 Å². The molecule has 1 heterocycles. The molecule has 0 saturated heterocycles. The second-order valence-electron chi connectivity index (χ2n) is 3.01. The Morgan fingerprint density at radius 3 is 2.85 bits per heavy atom. The van der Waals surface area contributed by atoms with Crippen LogP contribution >= 0.6 is 0 Å². The van der Waals surface area contributed by atoms with E-state index in [1.165, 1.54) is 5.57 Å². The first-order valence-electron chi connectivity index (χ1n) is 4.18. The quantitative estimate of drug-likeness (QED) is 0.469. The molecule has 0 aromatic carbocycles. The molecule has 2 nitrogen and oxygen atoms in total. The van der Waals surface area contributed by atoms with Crippen LogP contribution in [0, 0.1) is 0 Å². The molecule has 1 aliphatic carbocycles. The third kappa shape index (κ3) is 1.69. The van der Waals surface area contributed by atoms with Crippen molar-refractivity contribution in [2.75, 3.05) is 7.05 Å². The molecule has 1 aliphatic rings. The monoisotopic (exact) mass is 168 g/mol. The van der Waals surface area contributed by atoms with Gasteiger partial charge in [0.1, 0.15) is 7.85 Å². The smallest absolute Gasteiger partial charge is 0.115 e. The Bertz CT molecular complexity index is 394.